The second kappa shape index (κ2) is 7.74. The Balaban J connectivity index is 1.35. The number of rotatable bonds is 4. The number of fused-ring (bicyclic) bond motifs is 1. The summed E-state index contributed by atoms with van der Waals surface area (Å²) in [6.07, 6.45) is 2.35. The summed E-state index contributed by atoms with van der Waals surface area (Å²) >= 11 is 0. The van der Waals surface area contributed by atoms with Crippen molar-refractivity contribution in [2.75, 3.05) is 39.4 Å². The monoisotopic (exact) mass is 414 g/mol. The van der Waals surface area contributed by atoms with Gasteiger partial charge in [-0.15, -0.1) is 0 Å². The quantitative estimate of drug-likeness (QED) is 0.762. The molecule has 3 aliphatic heterocycles. The van der Waals surface area contributed by atoms with Crippen LogP contribution in [0.3, 0.4) is 0 Å². The summed E-state index contributed by atoms with van der Waals surface area (Å²) in [5, 5.41) is 4.04. The molecule has 0 spiro atoms. The third-order valence-electron chi connectivity index (χ3n) is 6.92. The van der Waals surface area contributed by atoms with Crippen LogP contribution in [0.2, 0.25) is 0 Å². The van der Waals surface area contributed by atoms with Crippen molar-refractivity contribution >= 4 is 5.91 Å². The largest absolute Gasteiger partial charge is 0.381 e. The first-order chi connectivity index (χ1) is 14.5. The molecule has 7 nitrogen and oxygen atoms in total. The molecular formula is C22H27FN4O3. The maximum Gasteiger partial charge on any atom is 0.236 e. The third kappa shape index (κ3) is 3.52. The fraction of sp³-hybridized carbons (Fsp3) is 0.591. The summed E-state index contributed by atoms with van der Waals surface area (Å²) < 4.78 is 24.4. The molecule has 160 valence electrons. The van der Waals surface area contributed by atoms with Crippen LogP contribution in [0, 0.1) is 18.7 Å². The summed E-state index contributed by atoms with van der Waals surface area (Å²) in [5.41, 5.74) is 0.503. The van der Waals surface area contributed by atoms with E-state index in [2.05, 4.69) is 15.0 Å². The number of carbonyl (C=O) groups excluding carboxylic acids is 1. The van der Waals surface area contributed by atoms with Crippen molar-refractivity contribution in [2.45, 2.75) is 37.6 Å². The molecule has 8 heteroatoms. The predicted molar refractivity (Wildman–Crippen MR) is 106 cm³/mol. The highest BCUT2D eigenvalue weighted by Gasteiger charge is 2.58. The SMILES string of the molecule is Cc1noc([C@]23CN(C(=O)Cc4ccc(F)cc4)C[C@H]2CN(C2CCOCC2)C3)n1. The van der Waals surface area contributed by atoms with Gasteiger partial charge in [-0.3, -0.25) is 9.69 Å². The number of aromatic nitrogens is 2. The average Bonchev–Trinajstić information content (AvgIpc) is 3.43. The lowest BCUT2D eigenvalue weighted by molar-refractivity contribution is -0.130. The number of carbonyl (C=O) groups is 1. The molecule has 5 rings (SSSR count). The number of nitrogens with zero attached hydrogens (tertiary/aromatic N) is 4. The van der Waals surface area contributed by atoms with Gasteiger partial charge in [-0.05, 0) is 37.5 Å². The number of hydrogen-bond donors (Lipinski definition) is 0. The first-order valence-electron chi connectivity index (χ1n) is 10.7. The van der Waals surface area contributed by atoms with Crippen molar-refractivity contribution in [1.29, 1.82) is 0 Å². The van der Waals surface area contributed by atoms with Gasteiger partial charge in [-0.2, -0.15) is 4.98 Å². The highest BCUT2D eigenvalue weighted by molar-refractivity contribution is 5.79. The first kappa shape index (κ1) is 19.6. The zero-order valence-corrected chi connectivity index (χ0v) is 17.2. The molecule has 0 N–H and O–H groups in total. The van der Waals surface area contributed by atoms with E-state index in [-0.39, 0.29) is 29.5 Å². The molecule has 0 aliphatic carbocycles. The Kier molecular flexibility index (Phi) is 5.06. The van der Waals surface area contributed by atoms with Gasteiger partial charge in [-0.1, -0.05) is 17.3 Å². The van der Waals surface area contributed by atoms with Crippen LogP contribution in [0.4, 0.5) is 4.39 Å². The molecule has 0 radical (unpaired) electrons. The molecule has 3 saturated heterocycles. The Hall–Kier alpha value is -2.32. The summed E-state index contributed by atoms with van der Waals surface area (Å²) in [7, 11) is 0. The average molecular weight is 414 g/mol. The molecule has 3 fully saturated rings. The van der Waals surface area contributed by atoms with Crippen LogP contribution < -0.4 is 0 Å². The fourth-order valence-corrected chi connectivity index (χ4v) is 5.31. The summed E-state index contributed by atoms with van der Waals surface area (Å²) in [5.74, 6) is 1.30. The van der Waals surface area contributed by atoms with E-state index in [4.69, 9.17) is 9.26 Å². The number of likely N-dealkylation sites (tertiary alicyclic amines) is 2. The Morgan fingerprint density at radius 2 is 1.97 bits per heavy atom. The van der Waals surface area contributed by atoms with Gasteiger partial charge >= 0.3 is 0 Å². The van der Waals surface area contributed by atoms with Gasteiger partial charge in [0.2, 0.25) is 11.8 Å². The lowest BCUT2D eigenvalue weighted by Gasteiger charge is -2.33. The normalized spacial score (nSPS) is 27.5. The number of amides is 1. The Labute approximate surface area is 175 Å². The maximum absolute atomic E-state index is 13.2. The molecule has 1 aromatic heterocycles. The van der Waals surface area contributed by atoms with Gasteiger partial charge in [0.25, 0.3) is 0 Å². The lowest BCUT2D eigenvalue weighted by atomic mass is 9.81. The number of ether oxygens (including phenoxy) is 1. The summed E-state index contributed by atoms with van der Waals surface area (Å²) in [6.45, 7) is 6.45. The predicted octanol–water partition coefficient (Wildman–Crippen LogP) is 1.95. The number of aryl methyl sites for hydroxylation is 1. The summed E-state index contributed by atoms with van der Waals surface area (Å²) in [6, 6.07) is 6.65. The molecule has 2 aromatic rings. The fourth-order valence-electron chi connectivity index (χ4n) is 5.31. The van der Waals surface area contributed by atoms with E-state index in [1.54, 1.807) is 12.1 Å². The van der Waals surface area contributed by atoms with E-state index in [0.29, 0.717) is 30.8 Å². The number of halogens is 1. The standard InChI is InChI=1S/C22H27FN4O3/c1-15-24-21(30-25-15)22-13-26(19-6-8-29-9-7-19)11-17(22)12-27(14-22)20(28)10-16-2-4-18(23)5-3-16/h2-5,17,19H,6-14H2,1H3/t17-,22-/m1/s1. The molecule has 0 saturated carbocycles. The van der Waals surface area contributed by atoms with E-state index in [9.17, 15) is 9.18 Å². The van der Waals surface area contributed by atoms with E-state index in [1.165, 1.54) is 12.1 Å². The second-order valence-corrected chi connectivity index (χ2v) is 8.85. The molecule has 1 aromatic carbocycles. The van der Waals surface area contributed by atoms with Gasteiger partial charge < -0.3 is 14.2 Å². The van der Waals surface area contributed by atoms with Gasteiger partial charge in [0.1, 0.15) is 5.82 Å². The topological polar surface area (TPSA) is 71.7 Å². The Morgan fingerprint density at radius 1 is 1.20 bits per heavy atom. The van der Waals surface area contributed by atoms with Crippen LogP contribution >= 0.6 is 0 Å². The van der Waals surface area contributed by atoms with E-state index in [1.807, 2.05) is 11.8 Å². The third-order valence-corrected chi connectivity index (χ3v) is 6.92. The minimum Gasteiger partial charge on any atom is -0.381 e. The van der Waals surface area contributed by atoms with Crippen molar-refractivity contribution in [3.05, 3.63) is 47.4 Å². The molecule has 4 heterocycles. The van der Waals surface area contributed by atoms with E-state index >= 15 is 0 Å². The van der Waals surface area contributed by atoms with Gasteiger partial charge in [0.05, 0.1) is 11.8 Å². The van der Waals surface area contributed by atoms with Crippen LogP contribution in [0.15, 0.2) is 28.8 Å². The van der Waals surface area contributed by atoms with E-state index in [0.717, 1.165) is 44.7 Å². The molecular weight excluding hydrogens is 387 g/mol. The van der Waals surface area contributed by atoms with Gasteiger partial charge in [0, 0.05) is 51.4 Å². The lowest BCUT2D eigenvalue weighted by Crippen LogP contribution is -2.44. The zero-order valence-electron chi connectivity index (χ0n) is 17.2. The molecule has 0 bridgehead atoms. The van der Waals surface area contributed by atoms with Gasteiger partial charge in [0.15, 0.2) is 5.82 Å². The number of benzene rings is 1. The smallest absolute Gasteiger partial charge is 0.236 e. The van der Waals surface area contributed by atoms with Crippen LogP contribution in [-0.2, 0) is 21.4 Å². The highest BCUT2D eigenvalue weighted by atomic mass is 19.1. The van der Waals surface area contributed by atoms with Crippen molar-refractivity contribution < 1.29 is 18.4 Å². The Bertz CT molecular complexity index is 911. The van der Waals surface area contributed by atoms with Crippen molar-refractivity contribution in [3.8, 4) is 0 Å². The van der Waals surface area contributed by atoms with Crippen molar-refractivity contribution in [2.24, 2.45) is 5.92 Å². The van der Waals surface area contributed by atoms with Gasteiger partial charge in [-0.25, -0.2) is 4.39 Å². The zero-order chi connectivity index (χ0) is 20.7. The second-order valence-electron chi connectivity index (χ2n) is 8.85. The van der Waals surface area contributed by atoms with E-state index < -0.39 is 0 Å². The molecule has 1 amide bonds. The maximum atomic E-state index is 13.2. The van der Waals surface area contributed by atoms with Crippen molar-refractivity contribution in [3.63, 3.8) is 0 Å². The van der Waals surface area contributed by atoms with Crippen molar-refractivity contribution in [1.82, 2.24) is 19.9 Å². The summed E-state index contributed by atoms with van der Waals surface area (Å²) in [4.78, 5) is 22.1. The highest BCUT2D eigenvalue weighted by Crippen LogP contribution is 2.45. The number of hydrogen-bond acceptors (Lipinski definition) is 6. The van der Waals surface area contributed by atoms with Crippen LogP contribution in [0.25, 0.3) is 0 Å². The van der Waals surface area contributed by atoms with Crippen LogP contribution in [-0.4, -0.2) is 71.3 Å². The minimum absolute atomic E-state index is 0.0595. The van der Waals surface area contributed by atoms with Crippen LogP contribution in [0.1, 0.15) is 30.1 Å². The van der Waals surface area contributed by atoms with Crippen LogP contribution in [0.5, 0.6) is 0 Å². The minimum atomic E-state index is -0.321. The molecule has 2 atom stereocenters. The molecule has 0 unspecified atom stereocenters. The molecule has 30 heavy (non-hydrogen) atoms. The first-order valence-corrected chi connectivity index (χ1v) is 10.7. The molecule has 3 aliphatic rings. The Morgan fingerprint density at radius 3 is 2.67 bits per heavy atom.